The van der Waals surface area contributed by atoms with Crippen LogP contribution >= 0.6 is 11.6 Å². The van der Waals surface area contributed by atoms with E-state index < -0.39 is 0 Å². The number of hydrogen-bond acceptors (Lipinski definition) is 5. The van der Waals surface area contributed by atoms with Gasteiger partial charge in [0.05, 0.1) is 11.3 Å². The van der Waals surface area contributed by atoms with Crippen molar-refractivity contribution in [1.29, 1.82) is 0 Å². The second-order valence-electron chi connectivity index (χ2n) is 4.45. The Morgan fingerprint density at radius 3 is 2.50 bits per heavy atom. The predicted octanol–water partition coefficient (Wildman–Crippen LogP) is 1.81. The molecule has 6 nitrogen and oxygen atoms in total. The summed E-state index contributed by atoms with van der Waals surface area (Å²) in [5, 5.41) is 12.1. The van der Waals surface area contributed by atoms with Gasteiger partial charge in [0.2, 0.25) is 0 Å². The van der Waals surface area contributed by atoms with Gasteiger partial charge in [0.15, 0.2) is 11.6 Å². The molecule has 0 saturated carbocycles. The molecule has 20 heavy (non-hydrogen) atoms. The number of carbonyl (C=O) groups is 1. The summed E-state index contributed by atoms with van der Waals surface area (Å²) in [6.45, 7) is 1.48. The van der Waals surface area contributed by atoms with Crippen LogP contribution < -0.4 is 0 Å². The van der Waals surface area contributed by atoms with Crippen molar-refractivity contribution in [2.45, 2.75) is 6.92 Å². The largest absolute Gasteiger partial charge is 0.383 e. The molecule has 0 aliphatic carbocycles. The maximum atomic E-state index is 11.8. The van der Waals surface area contributed by atoms with Gasteiger partial charge in [0.1, 0.15) is 0 Å². The van der Waals surface area contributed by atoms with Crippen LogP contribution in [0.1, 0.15) is 12.7 Å². The number of nitrogens with zero attached hydrogens (tertiary/aromatic N) is 5. The number of allylic oxidation sites excluding steroid dienone is 1. The summed E-state index contributed by atoms with van der Waals surface area (Å²) in [6.07, 6.45) is 1.69. The van der Waals surface area contributed by atoms with E-state index in [4.69, 9.17) is 11.6 Å². The second kappa shape index (κ2) is 5.83. The van der Waals surface area contributed by atoms with Crippen LogP contribution in [0.5, 0.6) is 0 Å². The van der Waals surface area contributed by atoms with Gasteiger partial charge >= 0.3 is 0 Å². The Hall–Kier alpha value is -2.21. The molecule has 0 atom stereocenters. The van der Waals surface area contributed by atoms with E-state index >= 15 is 0 Å². The van der Waals surface area contributed by atoms with E-state index in [-0.39, 0.29) is 5.78 Å². The van der Waals surface area contributed by atoms with E-state index in [1.807, 2.05) is 14.1 Å². The number of halogens is 1. The predicted molar refractivity (Wildman–Crippen MR) is 76.5 cm³/mol. The minimum absolute atomic E-state index is 0.108. The molecular weight excluding hydrogens is 278 g/mol. The molecule has 1 heterocycles. The first-order chi connectivity index (χ1) is 9.49. The lowest BCUT2D eigenvalue weighted by molar-refractivity contribution is -0.111. The first-order valence-electron chi connectivity index (χ1n) is 5.93. The quantitative estimate of drug-likeness (QED) is 0.804. The molecule has 0 radical (unpaired) electrons. The van der Waals surface area contributed by atoms with Crippen LogP contribution in [0, 0.1) is 0 Å². The summed E-state index contributed by atoms with van der Waals surface area (Å²) < 4.78 is 1.51. The summed E-state index contributed by atoms with van der Waals surface area (Å²) in [5.41, 5.74) is 1.18. The third kappa shape index (κ3) is 3.03. The Balaban J connectivity index is 2.51. The smallest absolute Gasteiger partial charge is 0.192 e. The van der Waals surface area contributed by atoms with Gasteiger partial charge in [-0.3, -0.25) is 4.79 Å². The van der Waals surface area contributed by atoms with Gasteiger partial charge in [0, 0.05) is 25.3 Å². The number of hydrogen-bond donors (Lipinski definition) is 0. The molecule has 104 valence electrons. The maximum Gasteiger partial charge on any atom is 0.192 e. The molecule has 7 heteroatoms. The number of ketones is 1. The number of benzene rings is 1. The minimum atomic E-state index is -0.108. The molecule has 0 aliphatic heterocycles. The van der Waals surface area contributed by atoms with Crippen molar-refractivity contribution in [1.82, 2.24) is 25.1 Å². The molecule has 2 rings (SSSR count). The van der Waals surface area contributed by atoms with Gasteiger partial charge in [-0.15, -0.1) is 5.10 Å². The lowest BCUT2D eigenvalue weighted by Crippen LogP contribution is -2.11. The van der Waals surface area contributed by atoms with Gasteiger partial charge < -0.3 is 4.90 Å². The number of rotatable bonds is 4. The van der Waals surface area contributed by atoms with Crippen LogP contribution in [0.2, 0.25) is 5.02 Å². The molecule has 0 saturated heterocycles. The normalized spacial score (nSPS) is 11.5. The second-order valence-corrected chi connectivity index (χ2v) is 4.89. The van der Waals surface area contributed by atoms with E-state index in [0.717, 1.165) is 5.69 Å². The molecule has 0 N–H and O–H groups in total. The Morgan fingerprint density at radius 2 is 1.95 bits per heavy atom. The van der Waals surface area contributed by atoms with E-state index in [9.17, 15) is 4.79 Å². The first-order valence-corrected chi connectivity index (χ1v) is 6.30. The highest BCUT2D eigenvalue weighted by Gasteiger charge is 2.17. The molecule has 0 spiro atoms. The van der Waals surface area contributed by atoms with E-state index in [2.05, 4.69) is 15.5 Å². The fourth-order valence-corrected chi connectivity index (χ4v) is 1.80. The number of carbonyl (C=O) groups excluding carboxylic acids is 1. The zero-order valence-electron chi connectivity index (χ0n) is 11.4. The maximum absolute atomic E-state index is 11.8. The highest BCUT2D eigenvalue weighted by Crippen LogP contribution is 2.18. The molecule has 0 amide bonds. The number of tetrazole rings is 1. The monoisotopic (exact) mass is 291 g/mol. The average molecular weight is 292 g/mol. The van der Waals surface area contributed by atoms with E-state index in [0.29, 0.717) is 16.4 Å². The fraction of sp³-hybridized carbons (Fsp3) is 0.231. The van der Waals surface area contributed by atoms with Gasteiger partial charge in [-0.25, -0.2) is 0 Å². The van der Waals surface area contributed by atoms with Crippen molar-refractivity contribution in [2.24, 2.45) is 0 Å². The molecule has 0 bridgehead atoms. The summed E-state index contributed by atoms with van der Waals surface area (Å²) in [6, 6.07) is 7.06. The average Bonchev–Trinajstić information content (AvgIpc) is 2.85. The van der Waals surface area contributed by atoms with Crippen LogP contribution in [-0.2, 0) is 4.79 Å². The minimum Gasteiger partial charge on any atom is -0.383 e. The molecule has 0 aliphatic rings. The summed E-state index contributed by atoms with van der Waals surface area (Å²) in [7, 11) is 3.67. The van der Waals surface area contributed by atoms with Crippen LogP contribution in [0.3, 0.4) is 0 Å². The standard InChI is InChI=1S/C13H14ClN5O/c1-9(20)12(8-18(2)3)13-15-16-17-19(13)11-6-4-10(14)5-7-11/h4-8H,1-3H3. The van der Waals surface area contributed by atoms with Crippen molar-refractivity contribution in [3.05, 3.63) is 41.3 Å². The summed E-state index contributed by atoms with van der Waals surface area (Å²) in [4.78, 5) is 13.6. The van der Waals surface area contributed by atoms with Crippen LogP contribution in [0.15, 0.2) is 30.5 Å². The summed E-state index contributed by atoms with van der Waals surface area (Å²) in [5.74, 6) is 0.289. The molecule has 2 aromatic rings. The fourth-order valence-electron chi connectivity index (χ4n) is 1.68. The van der Waals surface area contributed by atoms with Crippen molar-refractivity contribution in [2.75, 3.05) is 14.1 Å². The molecule has 1 aromatic carbocycles. The van der Waals surface area contributed by atoms with Crippen LogP contribution in [-0.4, -0.2) is 45.0 Å². The Morgan fingerprint density at radius 1 is 1.30 bits per heavy atom. The third-order valence-electron chi connectivity index (χ3n) is 2.55. The molecular formula is C13H14ClN5O. The van der Waals surface area contributed by atoms with Crippen molar-refractivity contribution >= 4 is 23.0 Å². The van der Waals surface area contributed by atoms with Crippen molar-refractivity contribution < 1.29 is 4.79 Å². The highest BCUT2D eigenvalue weighted by atomic mass is 35.5. The number of Topliss-reactive ketones (excluding diaryl/α,β-unsaturated/α-hetero) is 1. The summed E-state index contributed by atoms with van der Waals surface area (Å²) >= 11 is 5.86. The lowest BCUT2D eigenvalue weighted by atomic mass is 10.2. The zero-order valence-corrected chi connectivity index (χ0v) is 12.2. The zero-order chi connectivity index (χ0) is 14.7. The SMILES string of the molecule is CC(=O)C(=CN(C)C)c1nnnn1-c1ccc(Cl)cc1. The lowest BCUT2D eigenvalue weighted by Gasteiger charge is -2.10. The van der Waals surface area contributed by atoms with Gasteiger partial charge in [-0.05, 0) is 41.6 Å². The molecule has 0 unspecified atom stereocenters. The van der Waals surface area contributed by atoms with Gasteiger partial charge in [-0.1, -0.05) is 11.6 Å². The molecule has 1 aromatic heterocycles. The van der Waals surface area contributed by atoms with Gasteiger partial charge in [0.25, 0.3) is 0 Å². The highest BCUT2D eigenvalue weighted by molar-refractivity contribution is 6.30. The van der Waals surface area contributed by atoms with E-state index in [1.165, 1.54) is 11.6 Å². The Bertz CT molecular complexity index is 645. The van der Waals surface area contributed by atoms with Crippen LogP contribution in [0.25, 0.3) is 11.3 Å². The Labute approximate surface area is 121 Å². The first kappa shape index (κ1) is 14.2. The Kier molecular flexibility index (Phi) is 4.14. The van der Waals surface area contributed by atoms with E-state index in [1.54, 1.807) is 35.4 Å². The van der Waals surface area contributed by atoms with Crippen molar-refractivity contribution in [3.8, 4) is 5.69 Å². The molecule has 0 fully saturated rings. The van der Waals surface area contributed by atoms with Crippen molar-refractivity contribution in [3.63, 3.8) is 0 Å². The van der Waals surface area contributed by atoms with Gasteiger partial charge in [-0.2, -0.15) is 4.68 Å². The number of aromatic nitrogens is 4. The topological polar surface area (TPSA) is 63.9 Å². The third-order valence-corrected chi connectivity index (χ3v) is 2.80. The van der Waals surface area contributed by atoms with Crippen LogP contribution in [0.4, 0.5) is 0 Å².